The summed E-state index contributed by atoms with van der Waals surface area (Å²) in [5.74, 6) is 0.00515. The minimum absolute atomic E-state index is 0.00515. The van der Waals surface area contributed by atoms with Gasteiger partial charge in [-0.1, -0.05) is 12.1 Å². The largest absolute Gasteiger partial charge is 0.494 e. The molecule has 0 unspecified atom stereocenters. The highest BCUT2D eigenvalue weighted by atomic mass is 16.7. The number of carbonyl (C=O) groups excluding carboxylic acids is 1. The number of hydrogen-bond acceptors (Lipinski definition) is 3. The van der Waals surface area contributed by atoms with Crippen molar-refractivity contribution in [3.8, 4) is 0 Å². The van der Waals surface area contributed by atoms with Crippen LogP contribution in [0.2, 0.25) is 0 Å². The van der Waals surface area contributed by atoms with E-state index < -0.39 is 7.12 Å². The average Bonchev–Trinajstić information content (AvgIpc) is 2.63. The van der Waals surface area contributed by atoms with Crippen molar-refractivity contribution >= 4 is 18.5 Å². The molecule has 0 atom stereocenters. The van der Waals surface area contributed by atoms with Crippen LogP contribution in [-0.4, -0.2) is 30.3 Å². The average molecular weight is 315 g/mol. The van der Waals surface area contributed by atoms with Gasteiger partial charge in [-0.3, -0.25) is 4.79 Å². The maximum Gasteiger partial charge on any atom is 0.494 e. The lowest BCUT2D eigenvalue weighted by Gasteiger charge is -2.32. The van der Waals surface area contributed by atoms with Gasteiger partial charge in [0.2, 0.25) is 0 Å². The summed E-state index contributed by atoms with van der Waals surface area (Å²) in [5, 5.41) is 3.10. The molecule has 0 bridgehead atoms. The maximum absolute atomic E-state index is 12.5. The first-order chi connectivity index (χ1) is 10.7. The molecular formula is C18H26BNO3. The van der Waals surface area contributed by atoms with E-state index in [9.17, 15) is 4.79 Å². The zero-order valence-corrected chi connectivity index (χ0v) is 14.7. The molecule has 1 saturated carbocycles. The Bertz CT molecular complexity index is 607. The van der Waals surface area contributed by atoms with Crippen molar-refractivity contribution in [1.29, 1.82) is 0 Å². The van der Waals surface area contributed by atoms with Crippen molar-refractivity contribution in [1.82, 2.24) is 5.32 Å². The summed E-state index contributed by atoms with van der Waals surface area (Å²) in [7, 11) is -0.434. The van der Waals surface area contributed by atoms with Gasteiger partial charge in [0.15, 0.2) is 0 Å². The number of rotatable bonds is 3. The Balaban J connectivity index is 1.82. The Hall–Kier alpha value is -1.33. The minimum Gasteiger partial charge on any atom is -0.399 e. The summed E-state index contributed by atoms with van der Waals surface area (Å²) in [6.07, 6.45) is 3.38. The van der Waals surface area contributed by atoms with E-state index in [1.54, 1.807) is 0 Å². The number of aryl methyl sites for hydroxylation is 1. The molecule has 23 heavy (non-hydrogen) atoms. The first-order valence-electron chi connectivity index (χ1n) is 8.47. The first kappa shape index (κ1) is 16.5. The van der Waals surface area contributed by atoms with Crippen LogP contribution in [0.1, 0.15) is 62.9 Å². The second-order valence-corrected chi connectivity index (χ2v) is 7.76. The molecule has 0 spiro atoms. The van der Waals surface area contributed by atoms with E-state index in [2.05, 4.69) is 5.32 Å². The molecule has 1 N–H and O–H groups in total. The molecule has 0 radical (unpaired) electrons. The fourth-order valence-electron chi connectivity index (χ4n) is 2.83. The van der Waals surface area contributed by atoms with E-state index in [1.165, 1.54) is 6.42 Å². The topological polar surface area (TPSA) is 47.6 Å². The predicted octanol–water partition coefficient (Wildman–Crippen LogP) is 2.58. The van der Waals surface area contributed by atoms with Gasteiger partial charge in [0, 0.05) is 11.6 Å². The summed E-state index contributed by atoms with van der Waals surface area (Å²) in [4.78, 5) is 12.5. The summed E-state index contributed by atoms with van der Waals surface area (Å²) in [6.45, 7) is 10.1. The zero-order chi connectivity index (χ0) is 16.8. The predicted molar refractivity (Wildman–Crippen MR) is 92.0 cm³/mol. The number of benzene rings is 1. The number of nitrogens with one attached hydrogen (secondary N) is 1. The summed E-state index contributed by atoms with van der Waals surface area (Å²) >= 11 is 0. The Morgan fingerprint density at radius 3 is 2.30 bits per heavy atom. The van der Waals surface area contributed by atoms with Gasteiger partial charge in [-0.15, -0.1) is 0 Å². The molecule has 5 heteroatoms. The van der Waals surface area contributed by atoms with E-state index in [0.29, 0.717) is 11.6 Å². The van der Waals surface area contributed by atoms with Gasteiger partial charge in [-0.05, 0) is 71.0 Å². The number of amides is 1. The molecule has 1 aliphatic heterocycles. The third-order valence-electron chi connectivity index (χ3n) is 5.47. The van der Waals surface area contributed by atoms with E-state index in [0.717, 1.165) is 23.9 Å². The van der Waals surface area contributed by atoms with E-state index in [1.807, 2.05) is 52.8 Å². The molecule has 124 valence electrons. The van der Waals surface area contributed by atoms with Gasteiger partial charge >= 0.3 is 7.12 Å². The fourth-order valence-corrected chi connectivity index (χ4v) is 2.83. The molecule has 0 aromatic heterocycles. The van der Waals surface area contributed by atoms with Gasteiger partial charge in [-0.25, -0.2) is 0 Å². The van der Waals surface area contributed by atoms with Gasteiger partial charge < -0.3 is 14.6 Å². The van der Waals surface area contributed by atoms with Gasteiger partial charge in [-0.2, -0.15) is 0 Å². The lowest BCUT2D eigenvalue weighted by atomic mass is 9.77. The lowest BCUT2D eigenvalue weighted by molar-refractivity contribution is 0.00578. The van der Waals surface area contributed by atoms with Gasteiger partial charge in [0.25, 0.3) is 5.91 Å². The second kappa shape index (κ2) is 5.64. The summed E-state index contributed by atoms with van der Waals surface area (Å²) in [6, 6.07) is 6.20. The Labute approximate surface area is 139 Å². The van der Waals surface area contributed by atoms with Crippen molar-refractivity contribution in [2.24, 2.45) is 0 Å². The highest BCUT2D eigenvalue weighted by Gasteiger charge is 2.51. The Morgan fingerprint density at radius 2 is 1.78 bits per heavy atom. The molecular weight excluding hydrogens is 289 g/mol. The molecule has 1 saturated heterocycles. The highest BCUT2D eigenvalue weighted by molar-refractivity contribution is 6.62. The summed E-state index contributed by atoms with van der Waals surface area (Å²) in [5.41, 5.74) is 1.83. The monoisotopic (exact) mass is 315 g/mol. The zero-order valence-electron chi connectivity index (χ0n) is 14.7. The van der Waals surface area contributed by atoms with Gasteiger partial charge in [0.1, 0.15) is 0 Å². The normalized spacial score (nSPS) is 22.7. The van der Waals surface area contributed by atoms with Crippen molar-refractivity contribution in [3.05, 3.63) is 29.3 Å². The molecule has 1 heterocycles. The van der Waals surface area contributed by atoms with Crippen LogP contribution in [0.15, 0.2) is 18.2 Å². The molecule has 2 aliphatic rings. The second-order valence-electron chi connectivity index (χ2n) is 7.76. The molecule has 1 aliphatic carbocycles. The Kier molecular flexibility index (Phi) is 4.05. The van der Waals surface area contributed by atoms with Crippen LogP contribution in [0.3, 0.4) is 0 Å². The maximum atomic E-state index is 12.5. The van der Waals surface area contributed by atoms with Crippen LogP contribution in [0.4, 0.5) is 0 Å². The van der Waals surface area contributed by atoms with Crippen molar-refractivity contribution < 1.29 is 14.1 Å². The molecule has 3 rings (SSSR count). The Morgan fingerprint density at radius 1 is 1.17 bits per heavy atom. The lowest BCUT2D eigenvalue weighted by Crippen LogP contribution is -2.41. The fraction of sp³-hybridized carbons (Fsp3) is 0.611. The number of carbonyl (C=O) groups is 1. The van der Waals surface area contributed by atoms with E-state index >= 15 is 0 Å². The van der Waals surface area contributed by atoms with Crippen molar-refractivity contribution in [3.63, 3.8) is 0 Å². The number of hydrogen-bond donors (Lipinski definition) is 1. The van der Waals surface area contributed by atoms with Crippen molar-refractivity contribution in [2.45, 2.75) is 71.1 Å². The highest BCUT2D eigenvalue weighted by Crippen LogP contribution is 2.36. The first-order valence-corrected chi connectivity index (χ1v) is 8.47. The third-order valence-corrected chi connectivity index (χ3v) is 5.47. The third kappa shape index (κ3) is 3.04. The van der Waals surface area contributed by atoms with Gasteiger partial charge in [0.05, 0.1) is 11.2 Å². The standard InChI is InChI=1S/C18H26BNO3/c1-12-9-10-13(19-22-17(2,3)18(4,5)23-19)11-15(12)16(21)20-14-7-6-8-14/h9-11,14H,6-8H2,1-5H3,(H,20,21). The van der Waals surface area contributed by atoms with Crippen molar-refractivity contribution in [2.75, 3.05) is 0 Å². The minimum atomic E-state index is -0.434. The molecule has 1 aromatic rings. The van der Waals surface area contributed by atoms with Crippen LogP contribution in [0.5, 0.6) is 0 Å². The van der Waals surface area contributed by atoms with Crippen LogP contribution < -0.4 is 10.8 Å². The van der Waals surface area contributed by atoms with E-state index in [-0.39, 0.29) is 17.1 Å². The molecule has 1 amide bonds. The smallest absolute Gasteiger partial charge is 0.399 e. The SMILES string of the molecule is Cc1ccc(B2OC(C)(C)C(C)(C)O2)cc1C(=O)NC1CCC1. The summed E-state index contributed by atoms with van der Waals surface area (Å²) < 4.78 is 12.2. The van der Waals surface area contributed by atoms with Crippen LogP contribution in [0.25, 0.3) is 0 Å². The van der Waals surface area contributed by atoms with E-state index in [4.69, 9.17) is 9.31 Å². The van der Waals surface area contributed by atoms with Crippen LogP contribution in [0, 0.1) is 6.92 Å². The van der Waals surface area contributed by atoms with Crippen LogP contribution >= 0.6 is 0 Å². The van der Waals surface area contributed by atoms with Crippen LogP contribution in [-0.2, 0) is 9.31 Å². The quantitative estimate of drug-likeness (QED) is 0.872. The molecule has 4 nitrogen and oxygen atoms in total. The molecule has 2 fully saturated rings. The molecule has 1 aromatic carbocycles.